The molecule has 6 nitrogen and oxygen atoms in total. The van der Waals surface area contributed by atoms with E-state index in [2.05, 4.69) is 0 Å². The molecule has 0 saturated carbocycles. The standard InChI is InChI=1S/C17H24O6/c1-5-20-14-9-12(13(18)11-16(19)22-7-3)10-15(21-6-2)17(14)23-8-4/h9-10H,5-8,11H2,1-4H3. The van der Waals surface area contributed by atoms with E-state index in [1.807, 2.05) is 20.8 Å². The third kappa shape index (κ3) is 5.47. The van der Waals surface area contributed by atoms with Crippen LogP contribution < -0.4 is 14.2 Å². The third-order valence-corrected chi connectivity index (χ3v) is 2.84. The fourth-order valence-electron chi connectivity index (χ4n) is 1.99. The van der Waals surface area contributed by atoms with E-state index < -0.39 is 5.97 Å². The molecule has 0 aliphatic rings. The minimum atomic E-state index is -0.553. The summed E-state index contributed by atoms with van der Waals surface area (Å²) in [5, 5.41) is 0. The number of hydrogen-bond donors (Lipinski definition) is 0. The number of carbonyl (C=O) groups excluding carboxylic acids is 2. The van der Waals surface area contributed by atoms with Gasteiger partial charge in [0.1, 0.15) is 6.42 Å². The first-order chi connectivity index (χ1) is 11.1. The van der Waals surface area contributed by atoms with Crippen LogP contribution in [0.4, 0.5) is 0 Å². The van der Waals surface area contributed by atoms with Gasteiger partial charge >= 0.3 is 5.97 Å². The maximum absolute atomic E-state index is 12.3. The summed E-state index contributed by atoms with van der Waals surface area (Å²) in [6.45, 7) is 8.74. The summed E-state index contributed by atoms with van der Waals surface area (Å²) in [7, 11) is 0. The molecule has 0 aliphatic carbocycles. The molecular formula is C17H24O6. The van der Waals surface area contributed by atoms with Crippen LogP contribution in [0.25, 0.3) is 0 Å². The Hall–Kier alpha value is -2.24. The second kappa shape index (κ2) is 9.71. The van der Waals surface area contributed by atoms with Gasteiger partial charge in [-0.15, -0.1) is 0 Å². The van der Waals surface area contributed by atoms with E-state index in [-0.39, 0.29) is 18.8 Å². The molecule has 23 heavy (non-hydrogen) atoms. The zero-order valence-corrected chi connectivity index (χ0v) is 14.1. The number of hydrogen-bond acceptors (Lipinski definition) is 6. The second-order valence-corrected chi connectivity index (χ2v) is 4.51. The Bertz CT molecular complexity index is 511. The van der Waals surface area contributed by atoms with Crippen molar-refractivity contribution >= 4 is 11.8 Å². The smallest absolute Gasteiger partial charge is 0.313 e. The Morgan fingerprint density at radius 3 is 1.78 bits per heavy atom. The lowest BCUT2D eigenvalue weighted by Crippen LogP contribution is -2.12. The van der Waals surface area contributed by atoms with Crippen molar-refractivity contribution < 1.29 is 28.5 Å². The number of rotatable bonds is 10. The first-order valence-electron chi connectivity index (χ1n) is 7.82. The lowest BCUT2D eigenvalue weighted by atomic mass is 10.1. The van der Waals surface area contributed by atoms with Crippen LogP contribution in [-0.2, 0) is 9.53 Å². The quantitative estimate of drug-likeness (QED) is 0.374. The van der Waals surface area contributed by atoms with Gasteiger partial charge in [-0.25, -0.2) is 0 Å². The molecule has 6 heteroatoms. The minimum absolute atomic E-state index is 0.240. The van der Waals surface area contributed by atoms with Crippen LogP contribution in [0.1, 0.15) is 44.5 Å². The summed E-state index contributed by atoms with van der Waals surface area (Å²) in [5.41, 5.74) is 0.327. The molecular weight excluding hydrogens is 300 g/mol. The topological polar surface area (TPSA) is 71.1 Å². The molecule has 0 atom stereocenters. The number of esters is 1. The maximum Gasteiger partial charge on any atom is 0.313 e. The molecule has 128 valence electrons. The Kier molecular flexibility index (Phi) is 7.94. The third-order valence-electron chi connectivity index (χ3n) is 2.84. The maximum atomic E-state index is 12.3. The van der Waals surface area contributed by atoms with Crippen molar-refractivity contribution in [2.24, 2.45) is 0 Å². The molecule has 0 radical (unpaired) electrons. The van der Waals surface area contributed by atoms with E-state index in [0.29, 0.717) is 42.6 Å². The van der Waals surface area contributed by atoms with Crippen molar-refractivity contribution in [3.05, 3.63) is 17.7 Å². The minimum Gasteiger partial charge on any atom is -0.490 e. The number of ether oxygens (including phenoxy) is 4. The number of Topliss-reactive ketones (excluding diaryl/α,β-unsaturated/α-hetero) is 1. The summed E-state index contributed by atoms with van der Waals surface area (Å²) in [4.78, 5) is 23.7. The van der Waals surface area contributed by atoms with Gasteiger partial charge in [-0.2, -0.15) is 0 Å². The highest BCUT2D eigenvalue weighted by molar-refractivity contribution is 6.06. The lowest BCUT2D eigenvalue weighted by molar-refractivity contribution is -0.141. The van der Waals surface area contributed by atoms with E-state index in [1.54, 1.807) is 19.1 Å². The number of ketones is 1. The largest absolute Gasteiger partial charge is 0.490 e. The monoisotopic (exact) mass is 324 g/mol. The lowest BCUT2D eigenvalue weighted by Gasteiger charge is -2.16. The highest BCUT2D eigenvalue weighted by atomic mass is 16.5. The number of benzene rings is 1. The van der Waals surface area contributed by atoms with E-state index in [1.165, 1.54) is 0 Å². The first-order valence-corrected chi connectivity index (χ1v) is 7.82. The Balaban J connectivity index is 3.16. The van der Waals surface area contributed by atoms with Gasteiger partial charge in [-0.1, -0.05) is 0 Å². The van der Waals surface area contributed by atoms with Gasteiger partial charge in [0.15, 0.2) is 17.3 Å². The molecule has 0 saturated heterocycles. The van der Waals surface area contributed by atoms with Crippen LogP contribution in [0.15, 0.2) is 12.1 Å². The van der Waals surface area contributed by atoms with Gasteiger partial charge in [0.05, 0.1) is 26.4 Å². The van der Waals surface area contributed by atoms with Gasteiger partial charge in [-0.05, 0) is 39.8 Å². The average Bonchev–Trinajstić information content (AvgIpc) is 2.50. The van der Waals surface area contributed by atoms with Crippen LogP contribution in [0.3, 0.4) is 0 Å². The van der Waals surface area contributed by atoms with Crippen molar-refractivity contribution in [2.45, 2.75) is 34.1 Å². The van der Waals surface area contributed by atoms with Crippen molar-refractivity contribution in [3.63, 3.8) is 0 Å². The van der Waals surface area contributed by atoms with Crippen molar-refractivity contribution in [3.8, 4) is 17.2 Å². The zero-order valence-electron chi connectivity index (χ0n) is 14.1. The summed E-state index contributed by atoms with van der Waals surface area (Å²) in [6.07, 6.45) is -0.320. The summed E-state index contributed by atoms with van der Waals surface area (Å²) >= 11 is 0. The summed E-state index contributed by atoms with van der Waals surface area (Å²) in [6, 6.07) is 3.14. The zero-order chi connectivity index (χ0) is 17.2. The molecule has 0 N–H and O–H groups in total. The van der Waals surface area contributed by atoms with E-state index >= 15 is 0 Å². The van der Waals surface area contributed by atoms with Crippen molar-refractivity contribution in [1.82, 2.24) is 0 Å². The Morgan fingerprint density at radius 1 is 0.826 bits per heavy atom. The van der Waals surface area contributed by atoms with Crippen LogP contribution in [0, 0.1) is 0 Å². The molecule has 0 fully saturated rings. The highest BCUT2D eigenvalue weighted by Gasteiger charge is 2.20. The van der Waals surface area contributed by atoms with Crippen LogP contribution in [0.2, 0.25) is 0 Å². The fraction of sp³-hybridized carbons (Fsp3) is 0.529. The van der Waals surface area contributed by atoms with Gasteiger partial charge in [0.25, 0.3) is 0 Å². The fourth-order valence-corrected chi connectivity index (χ4v) is 1.99. The molecule has 1 aromatic rings. The molecule has 0 aromatic heterocycles. The van der Waals surface area contributed by atoms with Gasteiger partial charge in [0.2, 0.25) is 5.75 Å². The molecule has 1 rings (SSSR count). The average molecular weight is 324 g/mol. The normalized spacial score (nSPS) is 10.1. The van der Waals surface area contributed by atoms with E-state index in [0.717, 1.165) is 0 Å². The molecule has 0 amide bonds. The summed E-state index contributed by atoms with van der Waals surface area (Å²) < 4.78 is 21.5. The molecule has 0 aliphatic heterocycles. The predicted molar refractivity (Wildman–Crippen MR) is 85.5 cm³/mol. The van der Waals surface area contributed by atoms with E-state index in [9.17, 15) is 9.59 Å². The molecule has 0 unspecified atom stereocenters. The SMILES string of the molecule is CCOC(=O)CC(=O)c1cc(OCC)c(OCC)c(OCC)c1. The molecule has 1 aromatic carbocycles. The van der Waals surface area contributed by atoms with Crippen LogP contribution in [0.5, 0.6) is 17.2 Å². The molecule has 0 spiro atoms. The number of carbonyl (C=O) groups is 2. The van der Waals surface area contributed by atoms with Crippen LogP contribution in [-0.4, -0.2) is 38.2 Å². The van der Waals surface area contributed by atoms with E-state index in [4.69, 9.17) is 18.9 Å². The first kappa shape index (κ1) is 18.8. The molecule has 0 bridgehead atoms. The Morgan fingerprint density at radius 2 is 1.35 bits per heavy atom. The van der Waals surface area contributed by atoms with Crippen molar-refractivity contribution in [2.75, 3.05) is 26.4 Å². The van der Waals surface area contributed by atoms with Gasteiger partial charge < -0.3 is 18.9 Å². The second-order valence-electron chi connectivity index (χ2n) is 4.51. The van der Waals surface area contributed by atoms with Crippen molar-refractivity contribution in [1.29, 1.82) is 0 Å². The molecule has 0 heterocycles. The highest BCUT2D eigenvalue weighted by Crippen LogP contribution is 2.39. The van der Waals surface area contributed by atoms with Gasteiger partial charge in [0, 0.05) is 5.56 Å². The predicted octanol–water partition coefficient (Wildman–Crippen LogP) is 3.02. The van der Waals surface area contributed by atoms with Crippen LogP contribution >= 0.6 is 0 Å². The van der Waals surface area contributed by atoms with Gasteiger partial charge in [-0.3, -0.25) is 9.59 Å². The summed E-state index contributed by atoms with van der Waals surface area (Å²) in [5.74, 6) is 0.402. The Labute approximate surface area is 136 Å².